The van der Waals surface area contributed by atoms with Gasteiger partial charge in [-0.2, -0.15) is 0 Å². The van der Waals surface area contributed by atoms with Crippen molar-refractivity contribution in [3.63, 3.8) is 0 Å². The van der Waals surface area contributed by atoms with Crippen LogP contribution in [0.15, 0.2) is 6.20 Å². The third kappa shape index (κ3) is 5.65. The predicted octanol–water partition coefficient (Wildman–Crippen LogP) is 3.94. The minimum absolute atomic E-state index is 0.631. The second-order valence-corrected chi connectivity index (χ2v) is 6.29. The van der Waals surface area contributed by atoms with E-state index in [1.165, 1.54) is 19.3 Å². The number of hydrogen-bond donors (Lipinski definition) is 0. The molecule has 0 fully saturated rings. The summed E-state index contributed by atoms with van der Waals surface area (Å²) in [6.45, 7) is 12.3. The minimum atomic E-state index is 0.631. The summed E-state index contributed by atoms with van der Waals surface area (Å²) in [5.74, 6) is 2.27. The van der Waals surface area contributed by atoms with Gasteiger partial charge in [-0.1, -0.05) is 52.7 Å². The highest BCUT2D eigenvalue weighted by Gasteiger charge is 2.07. The Hall–Kier alpha value is -0.860. The van der Waals surface area contributed by atoms with Crippen LogP contribution in [-0.2, 0) is 13.0 Å². The molecule has 1 heterocycles. The first-order chi connectivity index (χ1) is 8.49. The molecule has 3 heteroatoms. The van der Waals surface area contributed by atoms with Crippen molar-refractivity contribution >= 4 is 0 Å². The van der Waals surface area contributed by atoms with Crippen LogP contribution in [0.3, 0.4) is 0 Å². The van der Waals surface area contributed by atoms with Crippen molar-refractivity contribution in [1.29, 1.82) is 0 Å². The maximum absolute atomic E-state index is 4.23. The van der Waals surface area contributed by atoms with Gasteiger partial charge in [0.05, 0.1) is 5.69 Å². The summed E-state index contributed by atoms with van der Waals surface area (Å²) in [5.41, 5.74) is 1.15. The third-order valence-corrected chi connectivity index (χ3v) is 3.62. The molecule has 0 radical (unpaired) electrons. The zero-order chi connectivity index (χ0) is 13.5. The van der Waals surface area contributed by atoms with E-state index in [1.54, 1.807) is 0 Å². The van der Waals surface area contributed by atoms with Crippen LogP contribution in [0.1, 0.15) is 59.6 Å². The lowest BCUT2D eigenvalue weighted by molar-refractivity contribution is 0.378. The summed E-state index contributed by atoms with van der Waals surface area (Å²) in [7, 11) is 0. The van der Waals surface area contributed by atoms with Crippen LogP contribution < -0.4 is 0 Å². The van der Waals surface area contributed by atoms with E-state index in [1.807, 2.05) is 4.68 Å². The van der Waals surface area contributed by atoms with Crippen molar-refractivity contribution in [2.24, 2.45) is 17.8 Å². The summed E-state index contributed by atoms with van der Waals surface area (Å²) in [6, 6.07) is 0. The molecule has 0 saturated heterocycles. The number of hydrogen-bond acceptors (Lipinski definition) is 2. The molecule has 0 aliphatic carbocycles. The zero-order valence-corrected chi connectivity index (χ0v) is 12.7. The van der Waals surface area contributed by atoms with Crippen molar-refractivity contribution in [3.05, 3.63) is 11.9 Å². The highest BCUT2D eigenvalue weighted by atomic mass is 15.4. The molecule has 0 aliphatic rings. The summed E-state index contributed by atoms with van der Waals surface area (Å²) < 4.78 is 1.97. The lowest BCUT2D eigenvalue weighted by Crippen LogP contribution is -2.04. The number of aryl methyl sites for hydroxylation is 1. The lowest BCUT2D eigenvalue weighted by Gasteiger charge is -2.14. The van der Waals surface area contributed by atoms with E-state index in [9.17, 15) is 0 Å². The zero-order valence-electron chi connectivity index (χ0n) is 12.7. The highest BCUT2D eigenvalue weighted by molar-refractivity contribution is 4.92. The van der Waals surface area contributed by atoms with Gasteiger partial charge in [-0.25, -0.2) is 0 Å². The Balaban J connectivity index is 2.21. The van der Waals surface area contributed by atoms with Gasteiger partial charge in [0.25, 0.3) is 0 Å². The Bertz CT molecular complexity index is 328. The van der Waals surface area contributed by atoms with E-state index in [-0.39, 0.29) is 0 Å². The molecule has 0 spiro atoms. The quantitative estimate of drug-likeness (QED) is 0.655. The van der Waals surface area contributed by atoms with Crippen LogP contribution in [0.25, 0.3) is 0 Å². The summed E-state index contributed by atoms with van der Waals surface area (Å²) in [5, 5.41) is 8.40. The summed E-state index contributed by atoms with van der Waals surface area (Å²) >= 11 is 0. The van der Waals surface area contributed by atoms with Gasteiger partial charge < -0.3 is 0 Å². The van der Waals surface area contributed by atoms with E-state index in [2.05, 4.69) is 51.1 Å². The van der Waals surface area contributed by atoms with Crippen molar-refractivity contribution in [2.45, 2.75) is 66.8 Å². The fraction of sp³-hybridized carbons (Fsp3) is 0.867. The molecule has 1 aromatic heterocycles. The van der Waals surface area contributed by atoms with Gasteiger partial charge in [0.2, 0.25) is 0 Å². The Morgan fingerprint density at radius 3 is 2.44 bits per heavy atom. The van der Waals surface area contributed by atoms with E-state index in [4.69, 9.17) is 0 Å². The lowest BCUT2D eigenvalue weighted by atomic mass is 9.92. The predicted molar refractivity (Wildman–Crippen MR) is 76.4 cm³/mol. The molecular formula is C15H29N3. The molecule has 18 heavy (non-hydrogen) atoms. The van der Waals surface area contributed by atoms with Gasteiger partial charge >= 0.3 is 0 Å². The molecule has 104 valence electrons. The van der Waals surface area contributed by atoms with Gasteiger partial charge in [0.15, 0.2) is 0 Å². The second-order valence-electron chi connectivity index (χ2n) is 6.29. The summed E-state index contributed by atoms with van der Waals surface area (Å²) in [6.07, 6.45) is 7.04. The van der Waals surface area contributed by atoms with Gasteiger partial charge in [-0.05, 0) is 30.6 Å². The third-order valence-electron chi connectivity index (χ3n) is 3.62. The van der Waals surface area contributed by atoms with Crippen LogP contribution in [-0.4, -0.2) is 15.0 Å². The first-order valence-corrected chi connectivity index (χ1v) is 7.38. The van der Waals surface area contributed by atoms with Gasteiger partial charge in [0.1, 0.15) is 0 Å². The average molecular weight is 251 g/mol. The molecule has 0 bridgehead atoms. The van der Waals surface area contributed by atoms with Crippen molar-refractivity contribution in [2.75, 3.05) is 0 Å². The van der Waals surface area contributed by atoms with E-state index in [0.717, 1.165) is 30.5 Å². The molecule has 0 saturated carbocycles. The van der Waals surface area contributed by atoms with E-state index >= 15 is 0 Å². The van der Waals surface area contributed by atoms with Crippen LogP contribution in [0.2, 0.25) is 0 Å². The maximum Gasteiger partial charge on any atom is 0.0827 e. The summed E-state index contributed by atoms with van der Waals surface area (Å²) in [4.78, 5) is 0. The maximum atomic E-state index is 4.23. The highest BCUT2D eigenvalue weighted by Crippen LogP contribution is 2.17. The molecule has 1 unspecified atom stereocenters. The minimum Gasteiger partial charge on any atom is -0.252 e. The number of nitrogens with zero attached hydrogens (tertiary/aromatic N) is 3. The van der Waals surface area contributed by atoms with Gasteiger partial charge in [-0.15, -0.1) is 5.10 Å². The van der Waals surface area contributed by atoms with E-state index in [0.29, 0.717) is 5.92 Å². The standard InChI is InChI=1S/C15H29N3/c1-12(2)10-18-11-15(16-17-18)9-7-6-8-14(5)13(3)4/h11-14H,6-10H2,1-5H3. The van der Waals surface area contributed by atoms with Crippen molar-refractivity contribution in [1.82, 2.24) is 15.0 Å². The molecule has 0 amide bonds. The number of rotatable bonds is 8. The molecule has 0 N–H and O–H groups in total. The Kier molecular flexibility index (Phi) is 6.37. The Morgan fingerprint density at radius 1 is 1.11 bits per heavy atom. The largest absolute Gasteiger partial charge is 0.252 e. The first-order valence-electron chi connectivity index (χ1n) is 7.38. The van der Waals surface area contributed by atoms with Crippen molar-refractivity contribution < 1.29 is 0 Å². The van der Waals surface area contributed by atoms with E-state index < -0.39 is 0 Å². The number of unbranched alkanes of at least 4 members (excludes halogenated alkanes) is 1. The van der Waals surface area contributed by atoms with Crippen LogP contribution in [0.5, 0.6) is 0 Å². The monoisotopic (exact) mass is 251 g/mol. The Labute approximate surface area is 112 Å². The SMILES string of the molecule is CC(C)Cn1cc(CCCCC(C)C(C)C)nn1. The molecule has 1 atom stereocenters. The average Bonchev–Trinajstić information content (AvgIpc) is 2.70. The number of aromatic nitrogens is 3. The van der Waals surface area contributed by atoms with Gasteiger partial charge in [0, 0.05) is 12.7 Å². The fourth-order valence-electron chi connectivity index (χ4n) is 2.02. The normalized spacial score (nSPS) is 13.5. The topological polar surface area (TPSA) is 30.7 Å². The molecule has 1 aromatic rings. The van der Waals surface area contributed by atoms with Crippen molar-refractivity contribution in [3.8, 4) is 0 Å². The first kappa shape index (κ1) is 15.2. The fourth-order valence-corrected chi connectivity index (χ4v) is 2.02. The molecule has 0 aliphatic heterocycles. The molecule has 1 rings (SSSR count). The molecule has 3 nitrogen and oxygen atoms in total. The van der Waals surface area contributed by atoms with Gasteiger partial charge in [-0.3, -0.25) is 4.68 Å². The molecular weight excluding hydrogens is 222 g/mol. The Morgan fingerprint density at radius 2 is 1.83 bits per heavy atom. The van der Waals surface area contributed by atoms with Crippen LogP contribution in [0, 0.1) is 17.8 Å². The molecule has 0 aromatic carbocycles. The second kappa shape index (κ2) is 7.55. The van der Waals surface area contributed by atoms with Crippen LogP contribution in [0.4, 0.5) is 0 Å². The van der Waals surface area contributed by atoms with Crippen LogP contribution >= 0.6 is 0 Å². The smallest absolute Gasteiger partial charge is 0.0827 e.